The molecule has 0 bridgehead atoms. The van der Waals surface area contributed by atoms with Crippen LogP contribution in [0.3, 0.4) is 0 Å². The van der Waals surface area contributed by atoms with E-state index in [1.54, 1.807) is 37.1 Å². The molecule has 3 aromatic rings. The summed E-state index contributed by atoms with van der Waals surface area (Å²) in [5.41, 5.74) is 1.67. The number of carbonyl (C=O) groups is 2. The molecule has 8 heteroatoms. The average molecular weight is 453 g/mol. The Bertz CT molecular complexity index is 1140. The number of benzene rings is 1. The van der Waals surface area contributed by atoms with Crippen LogP contribution in [0.4, 0.5) is 4.39 Å². The van der Waals surface area contributed by atoms with E-state index in [0.29, 0.717) is 31.9 Å². The van der Waals surface area contributed by atoms with Crippen LogP contribution in [-0.4, -0.2) is 58.2 Å². The van der Waals surface area contributed by atoms with Crippen LogP contribution in [0.2, 0.25) is 0 Å². The first-order valence-corrected chi connectivity index (χ1v) is 11.2. The fourth-order valence-corrected chi connectivity index (χ4v) is 4.36. The number of nitrogens with zero attached hydrogens (tertiary/aromatic N) is 3. The summed E-state index contributed by atoms with van der Waals surface area (Å²) in [6.07, 6.45) is 4.45. The summed E-state index contributed by atoms with van der Waals surface area (Å²) in [4.78, 5) is 27.7. The number of hydrogen-bond donors (Lipinski definition) is 1. The van der Waals surface area contributed by atoms with Gasteiger partial charge in [-0.3, -0.25) is 9.59 Å². The lowest BCUT2D eigenvalue weighted by molar-refractivity contribution is -0.140. The average Bonchev–Trinajstić information content (AvgIpc) is 3.13. The van der Waals surface area contributed by atoms with Gasteiger partial charge in [-0.15, -0.1) is 0 Å². The third-order valence-electron chi connectivity index (χ3n) is 5.90. The number of aromatic nitrogens is 2. The SMILES string of the molecule is CC(C)(NC(=O)Cc1cccc(F)c1)C(=O)N1CCOC[C@@H](Cc2cccn3nccc23)C1. The fraction of sp³-hybridized carbons (Fsp3) is 0.400. The smallest absolute Gasteiger partial charge is 0.247 e. The molecule has 1 aromatic carbocycles. The molecule has 1 aliphatic heterocycles. The number of amides is 2. The van der Waals surface area contributed by atoms with E-state index in [2.05, 4.69) is 16.5 Å². The zero-order valence-electron chi connectivity index (χ0n) is 19.0. The van der Waals surface area contributed by atoms with Gasteiger partial charge in [-0.25, -0.2) is 8.91 Å². The van der Waals surface area contributed by atoms with E-state index in [0.717, 1.165) is 17.5 Å². The van der Waals surface area contributed by atoms with Crippen molar-refractivity contribution in [1.29, 1.82) is 0 Å². The van der Waals surface area contributed by atoms with E-state index in [1.807, 2.05) is 22.8 Å². The maximum Gasteiger partial charge on any atom is 0.247 e. The van der Waals surface area contributed by atoms with Gasteiger partial charge in [0.15, 0.2) is 0 Å². The highest BCUT2D eigenvalue weighted by molar-refractivity contribution is 5.91. The fourth-order valence-electron chi connectivity index (χ4n) is 4.36. The highest BCUT2D eigenvalue weighted by Gasteiger charge is 2.35. The Hall–Kier alpha value is -3.26. The summed E-state index contributed by atoms with van der Waals surface area (Å²) in [6.45, 7) is 5.42. The van der Waals surface area contributed by atoms with E-state index >= 15 is 0 Å². The minimum absolute atomic E-state index is 0.00949. The van der Waals surface area contributed by atoms with Gasteiger partial charge in [-0.1, -0.05) is 18.2 Å². The van der Waals surface area contributed by atoms with Crippen LogP contribution in [-0.2, 0) is 27.2 Å². The van der Waals surface area contributed by atoms with Crippen molar-refractivity contribution < 1.29 is 18.7 Å². The van der Waals surface area contributed by atoms with Crippen LogP contribution in [0.15, 0.2) is 54.9 Å². The Kier molecular flexibility index (Phi) is 6.74. The first-order valence-electron chi connectivity index (χ1n) is 11.2. The van der Waals surface area contributed by atoms with Gasteiger partial charge < -0.3 is 15.0 Å². The van der Waals surface area contributed by atoms with Gasteiger partial charge in [-0.2, -0.15) is 5.10 Å². The van der Waals surface area contributed by atoms with Crippen LogP contribution in [0.1, 0.15) is 25.0 Å². The molecule has 1 fully saturated rings. The second-order valence-corrected chi connectivity index (χ2v) is 9.07. The number of pyridine rings is 1. The topological polar surface area (TPSA) is 75.9 Å². The molecule has 33 heavy (non-hydrogen) atoms. The molecule has 3 heterocycles. The van der Waals surface area contributed by atoms with Crippen LogP contribution in [0.25, 0.3) is 5.52 Å². The molecule has 2 aromatic heterocycles. The molecule has 0 unspecified atom stereocenters. The molecule has 2 amide bonds. The Morgan fingerprint density at radius 1 is 1.24 bits per heavy atom. The van der Waals surface area contributed by atoms with Crippen molar-refractivity contribution in [3.8, 4) is 0 Å². The predicted molar refractivity (Wildman–Crippen MR) is 122 cm³/mol. The third-order valence-corrected chi connectivity index (χ3v) is 5.90. The van der Waals surface area contributed by atoms with Gasteiger partial charge in [0.25, 0.3) is 0 Å². The highest BCUT2D eigenvalue weighted by Crippen LogP contribution is 2.20. The Morgan fingerprint density at radius 3 is 2.91 bits per heavy atom. The largest absolute Gasteiger partial charge is 0.379 e. The monoisotopic (exact) mass is 452 g/mol. The molecule has 1 N–H and O–H groups in total. The molecule has 0 aliphatic carbocycles. The van der Waals surface area contributed by atoms with Crippen molar-refractivity contribution in [3.05, 3.63) is 71.8 Å². The Balaban J connectivity index is 1.41. The molecule has 0 radical (unpaired) electrons. The van der Waals surface area contributed by atoms with Crippen LogP contribution >= 0.6 is 0 Å². The summed E-state index contributed by atoms with van der Waals surface area (Å²) in [7, 11) is 0. The number of hydrogen-bond acceptors (Lipinski definition) is 4. The van der Waals surface area contributed by atoms with E-state index in [4.69, 9.17) is 4.74 Å². The number of rotatable bonds is 6. The quantitative estimate of drug-likeness (QED) is 0.624. The minimum Gasteiger partial charge on any atom is -0.379 e. The molecule has 174 valence electrons. The number of halogens is 1. The number of nitrogens with one attached hydrogen (secondary N) is 1. The Labute approximate surface area is 192 Å². The highest BCUT2D eigenvalue weighted by atomic mass is 19.1. The second kappa shape index (κ2) is 9.70. The lowest BCUT2D eigenvalue weighted by atomic mass is 9.97. The van der Waals surface area contributed by atoms with Gasteiger partial charge in [0.1, 0.15) is 11.4 Å². The first-order chi connectivity index (χ1) is 15.8. The van der Waals surface area contributed by atoms with Gasteiger partial charge in [0, 0.05) is 31.4 Å². The van der Waals surface area contributed by atoms with E-state index in [-0.39, 0.29) is 24.2 Å². The van der Waals surface area contributed by atoms with E-state index < -0.39 is 11.4 Å². The number of ether oxygens (including phenoxy) is 1. The maximum absolute atomic E-state index is 13.4. The molecule has 0 spiro atoms. The van der Waals surface area contributed by atoms with Gasteiger partial charge >= 0.3 is 0 Å². The van der Waals surface area contributed by atoms with Crippen LogP contribution in [0, 0.1) is 11.7 Å². The van der Waals surface area contributed by atoms with Crippen molar-refractivity contribution in [2.24, 2.45) is 5.92 Å². The van der Waals surface area contributed by atoms with E-state index in [9.17, 15) is 14.0 Å². The van der Waals surface area contributed by atoms with Crippen LogP contribution < -0.4 is 5.32 Å². The number of carbonyl (C=O) groups excluding carboxylic acids is 2. The first kappa shape index (κ1) is 22.9. The normalized spacial score (nSPS) is 17.1. The predicted octanol–water partition coefficient (Wildman–Crippen LogP) is 2.63. The lowest BCUT2D eigenvalue weighted by Gasteiger charge is -2.33. The minimum atomic E-state index is -1.09. The van der Waals surface area contributed by atoms with Crippen molar-refractivity contribution in [3.63, 3.8) is 0 Å². The number of fused-ring (bicyclic) bond motifs is 1. The van der Waals surface area contributed by atoms with Gasteiger partial charge in [-0.05, 0) is 55.7 Å². The third kappa shape index (κ3) is 5.57. The zero-order chi connectivity index (χ0) is 23.4. The zero-order valence-corrected chi connectivity index (χ0v) is 19.0. The lowest BCUT2D eigenvalue weighted by Crippen LogP contribution is -2.57. The molecule has 1 atom stereocenters. The van der Waals surface area contributed by atoms with Gasteiger partial charge in [0.2, 0.25) is 11.8 Å². The summed E-state index contributed by atoms with van der Waals surface area (Å²) < 4.78 is 21.1. The summed E-state index contributed by atoms with van der Waals surface area (Å²) >= 11 is 0. The molecular formula is C25H29FN4O3. The van der Waals surface area contributed by atoms with Crippen molar-refractivity contribution in [1.82, 2.24) is 19.8 Å². The molecule has 1 aliphatic rings. The van der Waals surface area contributed by atoms with Crippen molar-refractivity contribution >= 4 is 17.3 Å². The summed E-state index contributed by atoms with van der Waals surface area (Å²) in [6, 6.07) is 11.9. The molecule has 7 nitrogen and oxygen atoms in total. The van der Waals surface area contributed by atoms with Crippen molar-refractivity contribution in [2.75, 3.05) is 26.3 Å². The van der Waals surface area contributed by atoms with E-state index in [1.165, 1.54) is 12.1 Å². The Morgan fingerprint density at radius 2 is 2.09 bits per heavy atom. The van der Waals surface area contributed by atoms with Crippen LogP contribution in [0.5, 0.6) is 0 Å². The molecule has 4 rings (SSSR count). The molecule has 0 saturated carbocycles. The van der Waals surface area contributed by atoms with Crippen molar-refractivity contribution in [2.45, 2.75) is 32.2 Å². The standard InChI is InChI=1S/C25H29FN4O3/c1-25(2,28-23(31)15-18-5-3-7-21(26)14-18)24(32)29-11-12-33-17-19(16-29)13-20-6-4-10-30-22(20)8-9-27-30/h3-10,14,19H,11-13,15-17H2,1-2H3,(H,28,31)/t19-/m0/s1. The molecular weight excluding hydrogens is 423 g/mol. The second-order valence-electron chi connectivity index (χ2n) is 9.07. The summed E-state index contributed by atoms with van der Waals surface area (Å²) in [5, 5.41) is 7.11. The molecule has 1 saturated heterocycles. The van der Waals surface area contributed by atoms with Gasteiger partial charge in [0.05, 0.1) is 25.2 Å². The maximum atomic E-state index is 13.4. The summed E-state index contributed by atoms with van der Waals surface area (Å²) in [5.74, 6) is -0.753.